The Hall–Kier alpha value is -2.74. The van der Waals surface area contributed by atoms with Crippen molar-refractivity contribution in [1.82, 2.24) is 0 Å². The summed E-state index contributed by atoms with van der Waals surface area (Å²) < 4.78 is 95.6. The fraction of sp³-hybridized carbons (Fsp3) is 0.912. The van der Waals surface area contributed by atoms with E-state index in [2.05, 4.69) is 40.3 Å². The van der Waals surface area contributed by atoms with Crippen molar-refractivity contribution >= 4 is 11.9 Å². The summed E-state index contributed by atoms with van der Waals surface area (Å²) in [6.07, 6.45) is -41.2. The quantitative estimate of drug-likeness (QED) is 0.0343. The first kappa shape index (κ1) is 79.3. The zero-order valence-corrected chi connectivity index (χ0v) is 58.5. The number of rotatable bonds is 23. The number of methoxy groups -OCH3 is 2. The van der Waals surface area contributed by atoms with Crippen LogP contribution >= 0.6 is 0 Å². The second-order valence-corrected chi connectivity index (χ2v) is 31.0. The average molecular weight is 1450 g/mol. The van der Waals surface area contributed by atoms with Gasteiger partial charge in [-0.1, -0.05) is 44.9 Å². The van der Waals surface area contributed by atoms with Crippen LogP contribution in [-0.4, -0.2) is 332 Å². The van der Waals surface area contributed by atoms with Gasteiger partial charge in [0.25, 0.3) is 0 Å². The molecule has 0 aromatic rings. The Labute approximate surface area is 585 Å². The monoisotopic (exact) mass is 1450 g/mol. The Morgan fingerprint density at radius 3 is 1.49 bits per heavy atom. The minimum atomic E-state index is -2.07. The lowest BCUT2D eigenvalue weighted by Crippen LogP contribution is -2.67. The average Bonchev–Trinajstić information content (AvgIpc) is 1.53. The first-order valence-electron chi connectivity index (χ1n) is 35.2. The van der Waals surface area contributed by atoms with Crippen LogP contribution in [0, 0.1) is 39.4 Å². The van der Waals surface area contributed by atoms with Crippen molar-refractivity contribution in [2.45, 2.75) is 296 Å². The van der Waals surface area contributed by atoms with E-state index in [1.165, 1.54) is 26.7 Å². The van der Waals surface area contributed by atoms with E-state index in [1.54, 1.807) is 0 Å². The molecule has 0 aromatic heterocycles. The molecule has 4 aliphatic carbocycles. The summed E-state index contributed by atoms with van der Waals surface area (Å²) in [7, 11) is 2.36. The molecule has 3 saturated carbocycles. The number of aliphatic hydroxyl groups is 15. The molecule has 11 aliphatic rings. The maximum Gasteiger partial charge on any atom is 0.313 e. The minimum absolute atomic E-state index is 0.0355. The van der Waals surface area contributed by atoms with Gasteiger partial charge in [-0.05, 0) is 81.5 Å². The summed E-state index contributed by atoms with van der Waals surface area (Å²) in [5, 5.41) is 167. The number of aliphatic hydroxyl groups excluding tert-OH is 15. The van der Waals surface area contributed by atoms with Crippen LogP contribution in [0.5, 0.6) is 0 Å². The molecule has 578 valence electrons. The van der Waals surface area contributed by atoms with Gasteiger partial charge in [-0.2, -0.15) is 0 Å². The van der Waals surface area contributed by atoms with E-state index in [9.17, 15) is 86.2 Å². The van der Waals surface area contributed by atoms with Gasteiger partial charge in [-0.25, -0.2) is 0 Å². The molecule has 11 rings (SSSR count). The molecule has 101 heavy (non-hydrogen) atoms. The molecule has 7 saturated heterocycles. The first-order valence-corrected chi connectivity index (χ1v) is 35.2. The fourth-order valence-electron chi connectivity index (χ4n) is 19.4. The molecule has 33 heteroatoms. The Kier molecular flexibility index (Phi) is 24.4. The molecule has 37 atom stereocenters. The number of ether oxygens (including phenoxy) is 16. The van der Waals surface area contributed by atoms with E-state index in [-0.39, 0.29) is 29.1 Å². The van der Waals surface area contributed by atoms with Crippen LogP contribution in [0.4, 0.5) is 0 Å². The number of carbonyl (C=O) groups is 2. The van der Waals surface area contributed by atoms with Crippen LogP contribution in [0.1, 0.15) is 106 Å². The number of cyclic esters (lactones) is 1. The molecule has 37 unspecified atom stereocenters. The van der Waals surface area contributed by atoms with Crippen molar-refractivity contribution in [2.24, 2.45) is 39.4 Å². The lowest BCUT2D eigenvalue weighted by molar-refractivity contribution is -0.392. The Balaban J connectivity index is 0.827. The van der Waals surface area contributed by atoms with E-state index in [0.717, 1.165) is 18.4 Å². The van der Waals surface area contributed by atoms with Crippen molar-refractivity contribution in [3.05, 3.63) is 23.8 Å². The second kappa shape index (κ2) is 31.1. The van der Waals surface area contributed by atoms with Gasteiger partial charge in [-0.3, -0.25) is 9.59 Å². The summed E-state index contributed by atoms with van der Waals surface area (Å²) in [5.41, 5.74) is -1.12. The molecule has 0 amide bonds. The first-order chi connectivity index (χ1) is 47.7. The molecule has 1 spiro atoms. The Morgan fingerprint density at radius 2 is 1.00 bits per heavy atom. The molecule has 0 bridgehead atoms. The van der Waals surface area contributed by atoms with E-state index in [0.29, 0.717) is 44.9 Å². The van der Waals surface area contributed by atoms with Gasteiger partial charge in [0.1, 0.15) is 146 Å². The zero-order valence-electron chi connectivity index (χ0n) is 58.5. The molecule has 10 fully saturated rings. The third-order valence-corrected chi connectivity index (χ3v) is 24.6. The van der Waals surface area contributed by atoms with E-state index < -0.39 is 252 Å². The van der Waals surface area contributed by atoms with Gasteiger partial charge in [-0.15, -0.1) is 6.58 Å². The molecule has 7 heterocycles. The maximum atomic E-state index is 14.8. The number of hydrogen-bond acceptors (Lipinski definition) is 33. The fourth-order valence-corrected chi connectivity index (χ4v) is 19.4. The Bertz CT molecular complexity index is 2860. The number of esters is 2. The van der Waals surface area contributed by atoms with Crippen LogP contribution in [0.2, 0.25) is 0 Å². The number of fused-ring (bicyclic) bond motifs is 4. The van der Waals surface area contributed by atoms with Crippen molar-refractivity contribution in [1.29, 1.82) is 0 Å². The number of carbonyl (C=O) groups excluding carboxylic acids is 2. The van der Waals surface area contributed by atoms with Gasteiger partial charge >= 0.3 is 11.9 Å². The van der Waals surface area contributed by atoms with Crippen molar-refractivity contribution in [3.8, 4) is 0 Å². The standard InChI is InChI=1S/C68H108O33/c1-27(2)19-29(90-28(3)73)20-67(8)39-14-17-66(7)31-11-12-38-64(4,5)40(15-16-65(38,6)30(31)13-18-68(39,66)63(85)101-67)97-62-56(46(79)37(26-89-62)96-59-51(84)55(45(78)35(24-72)92-59)99-61-49(82)53(87-10)43(76)33(22-70)94-61)100-57-47(80)41(74)36(25-88-57)95-58-50(83)54(44(77)34(23-71)91-58)98-60-48(81)52(86-9)42(75)32(21-69)93-60/h11,29-30,32-62,69-72,74-84H,1,12-26H2,2-10H3. The van der Waals surface area contributed by atoms with Crippen LogP contribution in [0.15, 0.2) is 23.8 Å². The third-order valence-electron chi connectivity index (χ3n) is 24.6. The van der Waals surface area contributed by atoms with Crippen LogP contribution in [0.3, 0.4) is 0 Å². The van der Waals surface area contributed by atoms with Gasteiger partial charge in [0, 0.05) is 45.3 Å². The zero-order chi connectivity index (χ0) is 73.5. The summed E-state index contributed by atoms with van der Waals surface area (Å²) in [6.45, 7) is 13.6. The molecule has 0 aromatic carbocycles. The van der Waals surface area contributed by atoms with Crippen molar-refractivity contribution in [2.75, 3.05) is 53.9 Å². The summed E-state index contributed by atoms with van der Waals surface area (Å²) >= 11 is 0. The van der Waals surface area contributed by atoms with E-state index in [4.69, 9.17) is 75.8 Å². The largest absolute Gasteiger partial charge is 0.462 e. The smallest absolute Gasteiger partial charge is 0.313 e. The van der Waals surface area contributed by atoms with Crippen molar-refractivity contribution in [3.63, 3.8) is 0 Å². The second-order valence-electron chi connectivity index (χ2n) is 31.0. The van der Waals surface area contributed by atoms with Crippen LogP contribution in [-0.2, 0) is 85.4 Å². The minimum Gasteiger partial charge on any atom is -0.462 e. The van der Waals surface area contributed by atoms with Crippen LogP contribution in [0.25, 0.3) is 0 Å². The normalized spacial score (nSPS) is 50.8. The molecule has 15 N–H and O–H groups in total. The molecule has 7 aliphatic heterocycles. The maximum absolute atomic E-state index is 14.8. The predicted molar refractivity (Wildman–Crippen MR) is 337 cm³/mol. The molecule has 0 radical (unpaired) electrons. The Morgan fingerprint density at radius 1 is 0.535 bits per heavy atom. The van der Waals surface area contributed by atoms with E-state index >= 15 is 0 Å². The third kappa shape index (κ3) is 14.2. The van der Waals surface area contributed by atoms with Gasteiger partial charge in [0.05, 0.1) is 51.2 Å². The van der Waals surface area contributed by atoms with Crippen molar-refractivity contribution < 1.29 is 162 Å². The molecular formula is C68H108O33. The highest BCUT2D eigenvalue weighted by Crippen LogP contribution is 2.76. The van der Waals surface area contributed by atoms with E-state index in [1.807, 2.05) is 13.8 Å². The SMILES string of the molecule is C=C(C)CC(CC1(C)OC(=O)C23CCC4C(=CCC5C(C)(C)C(OC6OCC(OC7OC(CO)C(O)C(OC8OC(CO)C(O)C(OC)C8O)C7O)C(O)C6OC6OCC(OC7OC(CO)C(O)C(OC8OC(CO)C(O)C(OC)C8O)C7O)C(O)C6O)CCC45C)C2(C)CCC13)OC(C)=O. The van der Waals surface area contributed by atoms with Gasteiger partial charge < -0.3 is 152 Å². The summed E-state index contributed by atoms with van der Waals surface area (Å²) in [6, 6.07) is 0. The molecular weight excluding hydrogens is 1340 g/mol. The lowest BCUT2D eigenvalue weighted by Gasteiger charge is -2.64. The highest BCUT2D eigenvalue weighted by Gasteiger charge is 2.77. The number of allylic oxidation sites excluding steroid dienone is 2. The predicted octanol–water partition coefficient (Wildman–Crippen LogP) is -3.93. The highest BCUT2D eigenvalue weighted by atomic mass is 16.8. The highest BCUT2D eigenvalue weighted by molar-refractivity contribution is 5.83. The topological polar surface area (TPSA) is 485 Å². The summed E-state index contributed by atoms with van der Waals surface area (Å²) in [4.78, 5) is 27.1. The summed E-state index contributed by atoms with van der Waals surface area (Å²) in [5.74, 6) is -0.743. The van der Waals surface area contributed by atoms with Gasteiger partial charge in [0.2, 0.25) is 0 Å². The lowest BCUT2D eigenvalue weighted by atomic mass is 9.41. The van der Waals surface area contributed by atoms with Gasteiger partial charge in [0.15, 0.2) is 37.7 Å². The molecule has 33 nitrogen and oxygen atoms in total. The van der Waals surface area contributed by atoms with Crippen LogP contribution < -0.4 is 0 Å². The number of hydrogen-bond donors (Lipinski definition) is 15.